The third-order valence-electron chi connectivity index (χ3n) is 5.83. The molecule has 1 aliphatic rings. The molecule has 29 heavy (non-hydrogen) atoms. The van der Waals surface area contributed by atoms with Gasteiger partial charge in [-0.3, -0.25) is 0 Å². The molecule has 1 fully saturated rings. The molecular weight excluding hydrogens is 362 g/mol. The molecule has 1 N–H and O–H groups in total. The lowest BCUT2D eigenvalue weighted by atomic mass is 10.1. The molecule has 3 heterocycles. The molecule has 1 atom stereocenters. The van der Waals surface area contributed by atoms with E-state index in [9.17, 15) is 0 Å². The number of nitrogens with zero attached hydrogens (tertiary/aromatic N) is 4. The summed E-state index contributed by atoms with van der Waals surface area (Å²) in [5, 5.41) is 1.16. The van der Waals surface area contributed by atoms with Crippen LogP contribution in [0.5, 0.6) is 5.75 Å². The van der Waals surface area contributed by atoms with Crippen LogP contribution in [0.4, 0.5) is 11.5 Å². The average molecular weight is 387 g/mol. The number of aromatic nitrogens is 3. The van der Waals surface area contributed by atoms with Crippen molar-refractivity contribution in [2.45, 2.75) is 19.9 Å². The molecular formula is C23H25N5O. The van der Waals surface area contributed by atoms with Crippen LogP contribution in [0.25, 0.3) is 21.9 Å². The van der Waals surface area contributed by atoms with Gasteiger partial charge in [-0.1, -0.05) is 17.7 Å². The van der Waals surface area contributed by atoms with Gasteiger partial charge in [-0.05, 0) is 38.1 Å². The zero-order valence-electron chi connectivity index (χ0n) is 17.0. The van der Waals surface area contributed by atoms with E-state index in [4.69, 9.17) is 4.74 Å². The predicted molar refractivity (Wildman–Crippen MR) is 118 cm³/mol. The molecule has 0 radical (unpaired) electrons. The average Bonchev–Trinajstić information content (AvgIpc) is 3.11. The summed E-state index contributed by atoms with van der Waals surface area (Å²) < 4.78 is 5.40. The smallest absolute Gasteiger partial charge is 0.156 e. The Balaban J connectivity index is 1.47. The first-order valence-corrected chi connectivity index (χ1v) is 10.0. The van der Waals surface area contributed by atoms with Crippen molar-refractivity contribution in [1.82, 2.24) is 15.0 Å². The van der Waals surface area contributed by atoms with E-state index in [1.807, 2.05) is 12.1 Å². The molecule has 0 unspecified atom stereocenters. The summed E-state index contributed by atoms with van der Waals surface area (Å²) >= 11 is 0. The normalized spacial score (nSPS) is 17.3. The standard InChI is InChI=1S/C23H25N5O/c1-15-7-8-20-19(11-15)21-22(26-20)23(25-14-24-21)27-9-10-28(16(2)13-27)17-5-4-6-18(12-17)29-3/h4-8,11-12,14,16,26H,9-10,13H2,1-3H3/t16-/m0/s1. The summed E-state index contributed by atoms with van der Waals surface area (Å²) in [5.41, 5.74) is 5.56. The number of aryl methyl sites for hydroxylation is 1. The Morgan fingerprint density at radius 2 is 2.00 bits per heavy atom. The second-order valence-corrected chi connectivity index (χ2v) is 7.78. The van der Waals surface area contributed by atoms with E-state index in [0.717, 1.165) is 53.1 Å². The maximum atomic E-state index is 5.40. The predicted octanol–water partition coefficient (Wildman–Crippen LogP) is 4.14. The monoisotopic (exact) mass is 387 g/mol. The topological polar surface area (TPSA) is 57.3 Å². The van der Waals surface area contributed by atoms with Crippen LogP contribution in [0.3, 0.4) is 0 Å². The number of H-pyrrole nitrogens is 1. The van der Waals surface area contributed by atoms with Gasteiger partial charge in [0.2, 0.25) is 0 Å². The maximum Gasteiger partial charge on any atom is 0.156 e. The minimum Gasteiger partial charge on any atom is -0.497 e. The molecule has 2 aromatic carbocycles. The molecule has 0 spiro atoms. The van der Waals surface area contributed by atoms with Crippen molar-refractivity contribution in [3.63, 3.8) is 0 Å². The number of piperazine rings is 1. The summed E-state index contributed by atoms with van der Waals surface area (Å²) in [7, 11) is 1.71. The minimum atomic E-state index is 0.354. The van der Waals surface area contributed by atoms with Crippen LogP contribution in [0, 0.1) is 6.92 Å². The van der Waals surface area contributed by atoms with Gasteiger partial charge in [0.1, 0.15) is 23.1 Å². The highest BCUT2D eigenvalue weighted by atomic mass is 16.5. The zero-order valence-corrected chi connectivity index (χ0v) is 17.0. The molecule has 6 nitrogen and oxygen atoms in total. The summed E-state index contributed by atoms with van der Waals surface area (Å²) in [5.74, 6) is 1.88. The Morgan fingerprint density at radius 3 is 2.83 bits per heavy atom. The Kier molecular flexibility index (Phi) is 4.27. The number of benzene rings is 2. The Bertz CT molecular complexity index is 1180. The van der Waals surface area contributed by atoms with Gasteiger partial charge in [-0.2, -0.15) is 0 Å². The molecule has 148 valence electrons. The number of methoxy groups -OCH3 is 1. The third-order valence-corrected chi connectivity index (χ3v) is 5.83. The SMILES string of the molecule is COc1cccc(N2CCN(c3ncnc4c3[nH]c3ccc(C)cc34)C[C@@H]2C)c1. The van der Waals surface area contributed by atoms with Crippen LogP contribution in [0.2, 0.25) is 0 Å². The summed E-state index contributed by atoms with van der Waals surface area (Å²) in [4.78, 5) is 17.6. The first-order chi connectivity index (χ1) is 14.1. The van der Waals surface area contributed by atoms with Crippen LogP contribution < -0.4 is 14.5 Å². The van der Waals surface area contributed by atoms with E-state index in [1.165, 1.54) is 11.3 Å². The molecule has 1 saturated heterocycles. The first kappa shape index (κ1) is 17.8. The van der Waals surface area contributed by atoms with Crippen molar-refractivity contribution in [2.24, 2.45) is 0 Å². The number of aromatic amines is 1. The Labute approximate surface area is 170 Å². The number of nitrogens with one attached hydrogen (secondary N) is 1. The highest BCUT2D eigenvalue weighted by molar-refractivity contribution is 6.08. The van der Waals surface area contributed by atoms with Crippen molar-refractivity contribution in [1.29, 1.82) is 0 Å². The number of fused-ring (bicyclic) bond motifs is 3. The van der Waals surface area contributed by atoms with Gasteiger partial charge in [0.25, 0.3) is 0 Å². The number of ether oxygens (including phenoxy) is 1. The van der Waals surface area contributed by atoms with Crippen LogP contribution in [-0.2, 0) is 0 Å². The molecule has 6 heteroatoms. The van der Waals surface area contributed by atoms with Crippen LogP contribution in [-0.4, -0.2) is 47.7 Å². The fourth-order valence-corrected chi connectivity index (χ4v) is 4.36. The molecule has 0 saturated carbocycles. The summed E-state index contributed by atoms with van der Waals surface area (Å²) in [6.07, 6.45) is 1.69. The maximum absolute atomic E-state index is 5.40. The molecule has 1 aliphatic heterocycles. The largest absolute Gasteiger partial charge is 0.497 e. The Morgan fingerprint density at radius 1 is 1.10 bits per heavy atom. The molecule has 0 aliphatic carbocycles. The number of anilines is 2. The van der Waals surface area contributed by atoms with Crippen molar-refractivity contribution >= 4 is 33.4 Å². The van der Waals surface area contributed by atoms with Crippen molar-refractivity contribution in [3.8, 4) is 5.75 Å². The third kappa shape index (κ3) is 3.05. The lowest BCUT2D eigenvalue weighted by molar-refractivity contribution is 0.414. The summed E-state index contributed by atoms with van der Waals surface area (Å²) in [6, 6.07) is 15.1. The van der Waals surface area contributed by atoms with Crippen LogP contribution in [0.15, 0.2) is 48.8 Å². The number of hydrogen-bond donors (Lipinski definition) is 1. The second kappa shape index (κ2) is 6.95. The van der Waals surface area contributed by atoms with Gasteiger partial charge in [-0.25, -0.2) is 9.97 Å². The lowest BCUT2D eigenvalue weighted by Gasteiger charge is -2.41. The van der Waals surface area contributed by atoms with Gasteiger partial charge in [0.15, 0.2) is 5.82 Å². The highest BCUT2D eigenvalue weighted by Gasteiger charge is 2.27. The minimum absolute atomic E-state index is 0.354. The Hall–Kier alpha value is -3.28. The van der Waals surface area contributed by atoms with Crippen molar-refractivity contribution < 1.29 is 4.74 Å². The molecule has 0 bridgehead atoms. The number of hydrogen-bond acceptors (Lipinski definition) is 5. The van der Waals surface area contributed by atoms with Crippen molar-refractivity contribution in [3.05, 3.63) is 54.4 Å². The van der Waals surface area contributed by atoms with E-state index in [2.05, 4.69) is 68.9 Å². The second-order valence-electron chi connectivity index (χ2n) is 7.78. The fourth-order valence-electron chi connectivity index (χ4n) is 4.36. The first-order valence-electron chi connectivity index (χ1n) is 10.0. The van der Waals surface area contributed by atoms with Gasteiger partial charge >= 0.3 is 0 Å². The van der Waals surface area contributed by atoms with E-state index in [1.54, 1.807) is 13.4 Å². The van der Waals surface area contributed by atoms with Gasteiger partial charge < -0.3 is 19.5 Å². The fraction of sp³-hybridized carbons (Fsp3) is 0.304. The quantitative estimate of drug-likeness (QED) is 0.572. The van der Waals surface area contributed by atoms with E-state index in [0.29, 0.717) is 6.04 Å². The van der Waals surface area contributed by atoms with E-state index in [-0.39, 0.29) is 0 Å². The van der Waals surface area contributed by atoms with E-state index >= 15 is 0 Å². The molecule has 0 amide bonds. The lowest BCUT2D eigenvalue weighted by Crippen LogP contribution is -2.52. The van der Waals surface area contributed by atoms with Gasteiger partial charge in [-0.15, -0.1) is 0 Å². The van der Waals surface area contributed by atoms with Crippen molar-refractivity contribution in [2.75, 3.05) is 36.5 Å². The molecule has 5 rings (SSSR count). The van der Waals surface area contributed by atoms with Crippen LogP contribution >= 0.6 is 0 Å². The van der Waals surface area contributed by atoms with E-state index < -0.39 is 0 Å². The summed E-state index contributed by atoms with van der Waals surface area (Å²) in [6.45, 7) is 7.11. The molecule has 4 aromatic rings. The highest BCUT2D eigenvalue weighted by Crippen LogP contribution is 2.32. The van der Waals surface area contributed by atoms with Crippen LogP contribution in [0.1, 0.15) is 12.5 Å². The van der Waals surface area contributed by atoms with Gasteiger partial charge in [0, 0.05) is 48.3 Å². The molecule has 2 aromatic heterocycles. The zero-order chi connectivity index (χ0) is 20.0. The number of rotatable bonds is 3. The van der Waals surface area contributed by atoms with Gasteiger partial charge in [0.05, 0.1) is 7.11 Å².